The van der Waals surface area contributed by atoms with Crippen LogP contribution in [0.2, 0.25) is 0 Å². The van der Waals surface area contributed by atoms with Gasteiger partial charge in [0.05, 0.1) is 52.4 Å². The Bertz CT molecular complexity index is 1670. The van der Waals surface area contributed by atoms with Gasteiger partial charge in [0, 0.05) is 49.3 Å². The molecular formula is C28H30F3N7O3S2. The molecule has 2 bridgehead atoms. The number of fused-ring (bicyclic) bond motifs is 3. The normalized spacial score (nSPS) is 25.4. The molecule has 1 aliphatic carbocycles. The second-order valence-corrected chi connectivity index (χ2v) is 15.3. The molecule has 10 nitrogen and oxygen atoms in total. The third-order valence-corrected chi connectivity index (χ3v) is 12.0. The van der Waals surface area contributed by atoms with Crippen LogP contribution in [0.5, 0.6) is 0 Å². The first-order valence-corrected chi connectivity index (χ1v) is 17.0. The van der Waals surface area contributed by atoms with E-state index in [1.165, 1.54) is 12.5 Å². The molecule has 8 heterocycles. The van der Waals surface area contributed by atoms with Crippen LogP contribution in [0.15, 0.2) is 29.4 Å². The second kappa shape index (κ2) is 10.1. The molecule has 3 aromatic heterocycles. The highest BCUT2D eigenvalue weighted by atomic mass is 32.2. The molecule has 4 saturated heterocycles. The maximum atomic E-state index is 14.2. The quantitative estimate of drug-likeness (QED) is 0.416. The first kappa shape index (κ1) is 27.7. The van der Waals surface area contributed by atoms with E-state index in [1.807, 2.05) is 4.90 Å². The molecular weight excluding hydrogens is 603 g/mol. The number of ether oxygens (including phenoxy) is 1. The van der Waals surface area contributed by atoms with Crippen LogP contribution in [-0.4, -0.2) is 85.0 Å². The Morgan fingerprint density at radius 3 is 2.53 bits per heavy atom. The van der Waals surface area contributed by atoms with Crippen LogP contribution >= 0.6 is 11.3 Å². The summed E-state index contributed by atoms with van der Waals surface area (Å²) in [4.78, 5) is 18.1. The number of alkyl halides is 3. The van der Waals surface area contributed by atoms with Gasteiger partial charge in [0.15, 0.2) is 9.84 Å². The third-order valence-electron chi connectivity index (χ3n) is 8.99. The van der Waals surface area contributed by atoms with Crippen molar-refractivity contribution in [1.82, 2.24) is 25.2 Å². The van der Waals surface area contributed by atoms with Crippen molar-refractivity contribution in [3.63, 3.8) is 0 Å². The summed E-state index contributed by atoms with van der Waals surface area (Å²) in [6.07, 6.45) is 1.01. The van der Waals surface area contributed by atoms with E-state index in [1.54, 1.807) is 6.20 Å². The molecule has 2 N–H and O–H groups in total. The maximum Gasteiger partial charge on any atom is 0.420 e. The largest absolute Gasteiger partial charge is 0.420 e. The Kier molecular flexibility index (Phi) is 6.50. The number of nitrogens with zero attached hydrogens (tertiary/aromatic N) is 5. The lowest BCUT2D eigenvalue weighted by Crippen LogP contribution is -2.67. The van der Waals surface area contributed by atoms with Crippen LogP contribution in [0.1, 0.15) is 41.2 Å². The fourth-order valence-corrected chi connectivity index (χ4v) is 9.45. The van der Waals surface area contributed by atoms with E-state index in [0.717, 1.165) is 54.8 Å². The van der Waals surface area contributed by atoms with Crippen molar-refractivity contribution in [2.75, 3.05) is 48.8 Å². The van der Waals surface area contributed by atoms with Crippen LogP contribution in [0.4, 0.5) is 30.6 Å². The van der Waals surface area contributed by atoms with Gasteiger partial charge >= 0.3 is 6.18 Å². The van der Waals surface area contributed by atoms with Crippen molar-refractivity contribution in [2.24, 2.45) is 0 Å². The maximum absolute atomic E-state index is 14.2. The van der Waals surface area contributed by atoms with Gasteiger partial charge in [-0.1, -0.05) is 0 Å². The van der Waals surface area contributed by atoms with Crippen molar-refractivity contribution in [3.05, 3.63) is 40.5 Å². The van der Waals surface area contributed by atoms with Gasteiger partial charge in [0.1, 0.15) is 11.4 Å². The van der Waals surface area contributed by atoms with Gasteiger partial charge in [-0.3, -0.25) is 4.90 Å². The lowest BCUT2D eigenvalue weighted by Gasteiger charge is -2.48. The topological polar surface area (TPSA) is 113 Å². The summed E-state index contributed by atoms with van der Waals surface area (Å²) < 4.78 is 74.1. The van der Waals surface area contributed by atoms with Gasteiger partial charge in [-0.2, -0.15) is 13.2 Å². The van der Waals surface area contributed by atoms with Gasteiger partial charge < -0.3 is 20.3 Å². The highest BCUT2D eigenvalue weighted by Gasteiger charge is 2.40. The summed E-state index contributed by atoms with van der Waals surface area (Å²) in [7, 11) is -3.67. The second-order valence-electron chi connectivity index (χ2n) is 12.1. The fraction of sp³-hybridized carbons (Fsp3) is 0.536. The molecule has 3 aromatic rings. The lowest BCUT2D eigenvalue weighted by atomic mass is 9.91. The van der Waals surface area contributed by atoms with Gasteiger partial charge in [-0.05, 0) is 42.9 Å². The summed E-state index contributed by atoms with van der Waals surface area (Å²) in [5.74, 6) is 1.15. The molecule has 0 radical (unpaired) electrons. The van der Waals surface area contributed by atoms with Gasteiger partial charge in [-0.15, -0.1) is 11.3 Å². The lowest BCUT2D eigenvalue weighted by molar-refractivity contribution is -0.137. The number of nitrogens with one attached hydrogen (secondary N) is 2. The minimum absolute atomic E-state index is 0.00237. The van der Waals surface area contributed by atoms with Crippen molar-refractivity contribution < 1.29 is 26.3 Å². The molecule has 0 aromatic carbocycles. The Morgan fingerprint density at radius 2 is 1.86 bits per heavy atom. The summed E-state index contributed by atoms with van der Waals surface area (Å²) >= 11 is 1.04. The summed E-state index contributed by atoms with van der Waals surface area (Å²) in [5, 5.41) is 6.66. The molecule has 0 amide bonds. The SMILES string of the molecule is O=S1(=O)CCN(C2COC2)Cc2sc(-c3nc(Nc4cnc(N5CC6CC(C5)N6)cc4C4CC4)ncc3C(F)(F)F)cc21. The molecule has 2 unspecified atom stereocenters. The number of sulfone groups is 1. The van der Waals surface area contributed by atoms with Crippen molar-refractivity contribution in [1.29, 1.82) is 0 Å². The van der Waals surface area contributed by atoms with Crippen molar-refractivity contribution in [3.8, 4) is 10.6 Å². The highest BCUT2D eigenvalue weighted by Crippen LogP contribution is 2.46. The average Bonchev–Trinajstić information content (AvgIpc) is 3.70. The highest BCUT2D eigenvalue weighted by molar-refractivity contribution is 7.91. The van der Waals surface area contributed by atoms with E-state index in [9.17, 15) is 21.6 Å². The molecule has 6 aliphatic rings. The smallest absolute Gasteiger partial charge is 0.378 e. The summed E-state index contributed by atoms with van der Waals surface area (Å²) in [6.45, 7) is 3.52. The summed E-state index contributed by atoms with van der Waals surface area (Å²) in [6, 6.07) is 4.50. The van der Waals surface area contributed by atoms with Gasteiger partial charge in [0.25, 0.3) is 0 Å². The Labute approximate surface area is 250 Å². The number of hydrogen-bond acceptors (Lipinski definition) is 11. The number of rotatable bonds is 6. The van der Waals surface area contributed by atoms with Crippen molar-refractivity contribution >= 4 is 38.6 Å². The molecule has 2 atom stereocenters. The van der Waals surface area contributed by atoms with E-state index in [4.69, 9.17) is 4.74 Å². The van der Waals surface area contributed by atoms with Crippen LogP contribution in [0, 0.1) is 0 Å². The van der Waals surface area contributed by atoms with E-state index < -0.39 is 21.6 Å². The predicted octanol–water partition coefficient (Wildman–Crippen LogP) is 3.78. The number of aromatic nitrogens is 3. The average molecular weight is 634 g/mol. The first-order valence-electron chi connectivity index (χ1n) is 14.5. The minimum atomic E-state index is -4.73. The number of piperidine rings is 1. The monoisotopic (exact) mass is 633 g/mol. The van der Waals surface area contributed by atoms with Crippen LogP contribution in [0.3, 0.4) is 0 Å². The Balaban J connectivity index is 1.13. The molecule has 15 heteroatoms. The number of pyridine rings is 1. The van der Waals surface area contributed by atoms with E-state index in [0.29, 0.717) is 54.9 Å². The fourth-order valence-electron chi connectivity index (χ4n) is 6.39. The number of thiophene rings is 1. The third kappa shape index (κ3) is 5.18. The molecule has 1 saturated carbocycles. The van der Waals surface area contributed by atoms with E-state index >= 15 is 0 Å². The zero-order chi connectivity index (χ0) is 29.5. The molecule has 5 fully saturated rings. The van der Waals surface area contributed by atoms with E-state index in [-0.39, 0.29) is 33.2 Å². The van der Waals surface area contributed by atoms with Crippen LogP contribution in [-0.2, 0) is 27.3 Å². The molecule has 228 valence electrons. The van der Waals surface area contributed by atoms with Crippen molar-refractivity contribution in [2.45, 2.75) is 60.9 Å². The zero-order valence-electron chi connectivity index (χ0n) is 23.1. The number of halogens is 3. The number of piperazine rings is 1. The Hall–Kier alpha value is -2.85. The summed E-state index contributed by atoms with van der Waals surface area (Å²) in [5.41, 5.74) is 0.370. The first-order chi connectivity index (χ1) is 20.6. The Morgan fingerprint density at radius 1 is 1.09 bits per heavy atom. The van der Waals surface area contributed by atoms with E-state index in [2.05, 4.69) is 36.6 Å². The van der Waals surface area contributed by atoms with Gasteiger partial charge in [-0.25, -0.2) is 23.4 Å². The molecule has 5 aliphatic heterocycles. The van der Waals surface area contributed by atoms with Gasteiger partial charge in [0.2, 0.25) is 5.95 Å². The predicted molar refractivity (Wildman–Crippen MR) is 154 cm³/mol. The standard InChI is InChI=1S/C28H30F3N7O3S2/c29-28(30,31)20-8-33-27(35-21-9-32-25(6-19(21)15-1-2-15)38-10-16-5-17(11-38)34-16)36-26(20)22-7-24-23(42-22)12-37(18-13-41-14-18)3-4-43(24,39)40/h6-9,15-18,34H,1-5,10-14H2,(H,33,35,36). The zero-order valence-corrected chi connectivity index (χ0v) is 24.7. The van der Waals surface area contributed by atoms with Crippen LogP contribution < -0.4 is 15.5 Å². The van der Waals surface area contributed by atoms with Crippen LogP contribution in [0.25, 0.3) is 10.6 Å². The molecule has 9 rings (SSSR count). The number of anilines is 3. The molecule has 0 spiro atoms. The minimum Gasteiger partial charge on any atom is -0.378 e. The number of hydrogen-bond donors (Lipinski definition) is 2. The molecule has 43 heavy (non-hydrogen) atoms.